The molecule has 1 N–H and O–H groups in total. The number of halogens is 1. The molecular formula is C11H14ClNO3. The Bertz CT molecular complexity index is 327. The number of hydrogen-bond acceptors (Lipinski definition) is 3. The average molecular weight is 244 g/mol. The Morgan fingerprint density at radius 1 is 1.38 bits per heavy atom. The molecule has 4 nitrogen and oxygen atoms in total. The smallest absolute Gasteiger partial charge is 0.411 e. The van der Waals surface area contributed by atoms with Gasteiger partial charge in [0.05, 0.1) is 12.5 Å². The minimum atomic E-state index is -0.509. The monoisotopic (exact) mass is 243 g/mol. The predicted molar refractivity (Wildman–Crippen MR) is 63.3 cm³/mol. The first kappa shape index (κ1) is 12.6. The highest BCUT2D eigenvalue weighted by atomic mass is 35.5. The molecule has 1 rings (SSSR count). The Morgan fingerprint density at radius 3 is 2.62 bits per heavy atom. The van der Waals surface area contributed by atoms with Crippen LogP contribution in [0, 0.1) is 0 Å². The lowest BCUT2D eigenvalue weighted by Crippen LogP contribution is -2.14. The van der Waals surface area contributed by atoms with Crippen LogP contribution < -0.4 is 10.1 Å². The van der Waals surface area contributed by atoms with Crippen LogP contribution in [0.4, 0.5) is 10.5 Å². The van der Waals surface area contributed by atoms with Gasteiger partial charge in [0.25, 0.3) is 0 Å². The molecule has 5 heteroatoms. The average Bonchev–Trinajstić information content (AvgIpc) is 2.29. The van der Waals surface area contributed by atoms with Gasteiger partial charge in [-0.2, -0.15) is 0 Å². The van der Waals surface area contributed by atoms with Gasteiger partial charge in [0.15, 0.2) is 0 Å². The maximum absolute atomic E-state index is 11.2. The standard InChI is InChI=1S/C11H14ClNO3/c1-2-15-10-5-3-9(4-6-10)13-11(14)16-8-7-12/h3-6H,2,7-8H2,1H3,(H,13,14). The molecule has 0 aromatic heterocycles. The zero-order chi connectivity index (χ0) is 11.8. The molecule has 1 aromatic rings. The Labute approximate surface area is 99.5 Å². The summed E-state index contributed by atoms with van der Waals surface area (Å²) in [5.41, 5.74) is 0.656. The molecular weight excluding hydrogens is 230 g/mol. The van der Waals surface area contributed by atoms with Gasteiger partial charge in [-0.05, 0) is 31.2 Å². The van der Waals surface area contributed by atoms with Crippen molar-refractivity contribution in [1.82, 2.24) is 0 Å². The van der Waals surface area contributed by atoms with Crippen molar-refractivity contribution in [2.75, 3.05) is 24.4 Å². The fourth-order valence-electron chi connectivity index (χ4n) is 1.09. The van der Waals surface area contributed by atoms with E-state index in [0.717, 1.165) is 5.75 Å². The third-order valence-corrected chi connectivity index (χ3v) is 1.88. The van der Waals surface area contributed by atoms with Gasteiger partial charge in [0.1, 0.15) is 12.4 Å². The van der Waals surface area contributed by atoms with Crippen molar-refractivity contribution in [3.63, 3.8) is 0 Å². The molecule has 0 aliphatic rings. The van der Waals surface area contributed by atoms with Gasteiger partial charge in [-0.3, -0.25) is 5.32 Å². The lowest BCUT2D eigenvalue weighted by molar-refractivity contribution is 0.168. The van der Waals surface area contributed by atoms with Crippen molar-refractivity contribution < 1.29 is 14.3 Å². The van der Waals surface area contributed by atoms with Crippen LogP contribution in [0.1, 0.15) is 6.92 Å². The molecule has 0 unspecified atom stereocenters. The Kier molecular flexibility index (Phi) is 5.50. The summed E-state index contributed by atoms with van der Waals surface area (Å²) in [5, 5.41) is 2.57. The summed E-state index contributed by atoms with van der Waals surface area (Å²) < 4.78 is 10.0. The van der Waals surface area contributed by atoms with E-state index in [1.165, 1.54) is 0 Å². The number of benzene rings is 1. The second-order valence-electron chi connectivity index (χ2n) is 2.91. The number of carbonyl (C=O) groups excluding carboxylic acids is 1. The SMILES string of the molecule is CCOc1ccc(NC(=O)OCCCl)cc1. The first-order chi connectivity index (χ1) is 7.76. The number of hydrogen-bond donors (Lipinski definition) is 1. The summed E-state index contributed by atoms with van der Waals surface area (Å²) in [7, 11) is 0. The largest absolute Gasteiger partial charge is 0.494 e. The van der Waals surface area contributed by atoms with Crippen molar-refractivity contribution in [3.8, 4) is 5.75 Å². The van der Waals surface area contributed by atoms with Crippen molar-refractivity contribution in [2.45, 2.75) is 6.92 Å². The summed E-state index contributed by atoms with van der Waals surface area (Å²) in [6.45, 7) is 2.73. The Morgan fingerprint density at radius 2 is 2.06 bits per heavy atom. The van der Waals surface area contributed by atoms with Crippen LogP contribution in [-0.4, -0.2) is 25.2 Å². The van der Waals surface area contributed by atoms with E-state index < -0.39 is 6.09 Å². The topological polar surface area (TPSA) is 47.6 Å². The second kappa shape index (κ2) is 6.95. The third kappa shape index (κ3) is 4.40. The molecule has 0 bridgehead atoms. The molecule has 0 heterocycles. The fourth-order valence-corrected chi connectivity index (χ4v) is 1.16. The van der Waals surface area contributed by atoms with Crippen molar-refractivity contribution >= 4 is 23.4 Å². The maximum atomic E-state index is 11.2. The third-order valence-electron chi connectivity index (χ3n) is 1.72. The van der Waals surface area contributed by atoms with Crippen LogP contribution in [0.5, 0.6) is 5.75 Å². The lowest BCUT2D eigenvalue weighted by atomic mass is 10.3. The van der Waals surface area contributed by atoms with Gasteiger partial charge >= 0.3 is 6.09 Å². The van der Waals surface area contributed by atoms with Gasteiger partial charge in [0.2, 0.25) is 0 Å². The fraction of sp³-hybridized carbons (Fsp3) is 0.364. The summed E-state index contributed by atoms with van der Waals surface area (Å²) in [6.07, 6.45) is -0.509. The van der Waals surface area contributed by atoms with Crippen LogP contribution in [0.25, 0.3) is 0 Å². The molecule has 88 valence electrons. The van der Waals surface area contributed by atoms with Gasteiger partial charge in [-0.25, -0.2) is 4.79 Å². The molecule has 0 fully saturated rings. The minimum absolute atomic E-state index is 0.199. The summed E-state index contributed by atoms with van der Waals surface area (Å²) in [5.74, 6) is 1.05. The summed E-state index contributed by atoms with van der Waals surface area (Å²) >= 11 is 5.38. The highest BCUT2D eigenvalue weighted by molar-refractivity contribution is 6.18. The van der Waals surface area contributed by atoms with E-state index in [0.29, 0.717) is 12.3 Å². The van der Waals surface area contributed by atoms with E-state index in [4.69, 9.17) is 21.1 Å². The van der Waals surface area contributed by atoms with Crippen LogP contribution >= 0.6 is 11.6 Å². The van der Waals surface area contributed by atoms with E-state index in [2.05, 4.69) is 5.32 Å². The molecule has 16 heavy (non-hydrogen) atoms. The van der Waals surface area contributed by atoms with E-state index in [-0.39, 0.29) is 12.5 Å². The van der Waals surface area contributed by atoms with Crippen LogP contribution in [-0.2, 0) is 4.74 Å². The normalized spacial score (nSPS) is 9.62. The number of carbonyl (C=O) groups is 1. The highest BCUT2D eigenvalue weighted by Gasteiger charge is 2.02. The molecule has 0 aliphatic heterocycles. The van der Waals surface area contributed by atoms with Crippen molar-refractivity contribution in [3.05, 3.63) is 24.3 Å². The van der Waals surface area contributed by atoms with E-state index in [1.54, 1.807) is 24.3 Å². The molecule has 0 saturated heterocycles. The molecule has 0 radical (unpaired) electrons. The zero-order valence-corrected chi connectivity index (χ0v) is 9.79. The second-order valence-corrected chi connectivity index (χ2v) is 3.29. The van der Waals surface area contributed by atoms with Gasteiger partial charge in [-0.15, -0.1) is 11.6 Å². The van der Waals surface area contributed by atoms with Crippen LogP contribution in [0.2, 0.25) is 0 Å². The van der Waals surface area contributed by atoms with Gasteiger partial charge in [0, 0.05) is 5.69 Å². The number of rotatable bonds is 5. The molecule has 0 saturated carbocycles. The Balaban J connectivity index is 2.45. The van der Waals surface area contributed by atoms with Crippen molar-refractivity contribution in [1.29, 1.82) is 0 Å². The zero-order valence-electron chi connectivity index (χ0n) is 9.03. The lowest BCUT2D eigenvalue weighted by Gasteiger charge is -2.07. The Hall–Kier alpha value is -1.42. The number of nitrogens with one attached hydrogen (secondary N) is 1. The minimum Gasteiger partial charge on any atom is -0.494 e. The molecule has 1 aromatic carbocycles. The molecule has 0 spiro atoms. The van der Waals surface area contributed by atoms with Gasteiger partial charge in [-0.1, -0.05) is 0 Å². The van der Waals surface area contributed by atoms with E-state index >= 15 is 0 Å². The van der Waals surface area contributed by atoms with Crippen LogP contribution in [0.3, 0.4) is 0 Å². The van der Waals surface area contributed by atoms with Crippen molar-refractivity contribution in [2.24, 2.45) is 0 Å². The first-order valence-corrected chi connectivity index (χ1v) is 5.52. The van der Waals surface area contributed by atoms with Gasteiger partial charge < -0.3 is 9.47 Å². The predicted octanol–water partition coefficient (Wildman–Crippen LogP) is 2.87. The molecule has 1 amide bonds. The van der Waals surface area contributed by atoms with E-state index in [9.17, 15) is 4.79 Å². The quantitative estimate of drug-likeness (QED) is 0.809. The first-order valence-electron chi connectivity index (χ1n) is 4.99. The maximum Gasteiger partial charge on any atom is 0.411 e. The molecule has 0 atom stereocenters. The highest BCUT2D eigenvalue weighted by Crippen LogP contribution is 2.15. The summed E-state index contributed by atoms with van der Waals surface area (Å²) in [4.78, 5) is 11.2. The number of ether oxygens (including phenoxy) is 2. The van der Waals surface area contributed by atoms with Crippen LogP contribution in [0.15, 0.2) is 24.3 Å². The summed E-state index contributed by atoms with van der Waals surface area (Å²) in [6, 6.07) is 7.04. The molecule has 0 aliphatic carbocycles. The number of alkyl halides is 1. The number of amides is 1. The number of anilines is 1. The van der Waals surface area contributed by atoms with E-state index in [1.807, 2.05) is 6.92 Å².